The maximum absolute atomic E-state index is 4.84. The van der Waals surface area contributed by atoms with Crippen molar-refractivity contribution in [1.82, 2.24) is 4.98 Å². The van der Waals surface area contributed by atoms with Crippen LogP contribution in [-0.2, 0) is 6.42 Å². The van der Waals surface area contributed by atoms with Gasteiger partial charge in [0, 0.05) is 23.4 Å². The molecule has 0 spiro atoms. The molecular formula is C25H35N. The van der Waals surface area contributed by atoms with Gasteiger partial charge in [0.1, 0.15) is 0 Å². The Kier molecular flexibility index (Phi) is 7.29. The van der Waals surface area contributed by atoms with Gasteiger partial charge in [0.15, 0.2) is 0 Å². The first kappa shape index (κ1) is 19.1. The SMILES string of the molecule is CCCCc1ccc(-c2ccc(C3CCC(CCCC)CC3)nc2)cc1. The van der Waals surface area contributed by atoms with Crippen LogP contribution in [0.3, 0.4) is 0 Å². The smallest absolute Gasteiger partial charge is 0.0434 e. The first-order valence-electron chi connectivity index (χ1n) is 10.9. The maximum atomic E-state index is 4.84. The number of aryl methyl sites for hydroxylation is 1. The van der Waals surface area contributed by atoms with Gasteiger partial charge in [-0.15, -0.1) is 0 Å². The van der Waals surface area contributed by atoms with Crippen molar-refractivity contribution < 1.29 is 0 Å². The van der Waals surface area contributed by atoms with Crippen molar-refractivity contribution in [3.05, 3.63) is 53.9 Å². The number of unbranched alkanes of at least 4 members (excludes halogenated alkanes) is 2. The summed E-state index contributed by atoms with van der Waals surface area (Å²) >= 11 is 0. The number of rotatable bonds is 8. The van der Waals surface area contributed by atoms with E-state index in [2.05, 4.69) is 56.4 Å². The van der Waals surface area contributed by atoms with Crippen molar-refractivity contribution in [1.29, 1.82) is 0 Å². The minimum atomic E-state index is 0.679. The summed E-state index contributed by atoms with van der Waals surface area (Å²) in [5.41, 5.74) is 5.28. The number of nitrogens with zero attached hydrogens (tertiary/aromatic N) is 1. The van der Waals surface area contributed by atoms with Gasteiger partial charge in [-0.05, 0) is 61.6 Å². The van der Waals surface area contributed by atoms with Gasteiger partial charge < -0.3 is 0 Å². The van der Waals surface area contributed by atoms with Crippen molar-refractivity contribution in [3.63, 3.8) is 0 Å². The predicted octanol–water partition coefficient (Wildman–Crippen LogP) is 7.56. The molecule has 1 aliphatic rings. The van der Waals surface area contributed by atoms with E-state index in [1.54, 1.807) is 0 Å². The fraction of sp³-hybridized carbons (Fsp3) is 0.560. The van der Waals surface area contributed by atoms with E-state index < -0.39 is 0 Å². The van der Waals surface area contributed by atoms with Gasteiger partial charge in [-0.2, -0.15) is 0 Å². The molecule has 0 saturated heterocycles. The molecule has 0 atom stereocenters. The third-order valence-corrected chi connectivity index (χ3v) is 6.12. The highest BCUT2D eigenvalue weighted by atomic mass is 14.7. The first-order chi connectivity index (χ1) is 12.8. The second-order valence-corrected chi connectivity index (χ2v) is 8.13. The molecule has 1 aliphatic carbocycles. The summed E-state index contributed by atoms with van der Waals surface area (Å²) in [5.74, 6) is 1.65. The van der Waals surface area contributed by atoms with Crippen LogP contribution in [0, 0.1) is 5.92 Å². The summed E-state index contributed by atoms with van der Waals surface area (Å²) in [6.45, 7) is 4.55. The summed E-state index contributed by atoms with van der Waals surface area (Å²) < 4.78 is 0. The highest BCUT2D eigenvalue weighted by Gasteiger charge is 2.22. The van der Waals surface area contributed by atoms with E-state index >= 15 is 0 Å². The molecule has 26 heavy (non-hydrogen) atoms. The number of pyridine rings is 1. The molecule has 2 aromatic rings. The molecule has 1 nitrogen and oxygen atoms in total. The molecule has 1 aromatic carbocycles. The van der Waals surface area contributed by atoms with Gasteiger partial charge in [0.05, 0.1) is 0 Å². The third kappa shape index (κ3) is 5.19. The lowest BCUT2D eigenvalue weighted by Gasteiger charge is -2.28. The Morgan fingerprint density at radius 3 is 2.12 bits per heavy atom. The molecule has 1 aromatic heterocycles. The average Bonchev–Trinajstić information content (AvgIpc) is 2.72. The normalized spacial score (nSPS) is 20.2. The predicted molar refractivity (Wildman–Crippen MR) is 113 cm³/mol. The highest BCUT2D eigenvalue weighted by Crippen LogP contribution is 2.37. The highest BCUT2D eigenvalue weighted by molar-refractivity contribution is 5.62. The Labute approximate surface area is 160 Å². The standard InChI is InChI=1S/C25H35N/c1-3-5-7-20-9-13-22(14-10-20)24-17-18-25(26-19-24)23-15-11-21(12-16-23)8-6-4-2/h9-10,13-14,17-19,21,23H,3-8,11-12,15-16H2,1-2H3. The second-order valence-electron chi connectivity index (χ2n) is 8.13. The molecule has 3 rings (SSSR count). The molecule has 0 aliphatic heterocycles. The van der Waals surface area contributed by atoms with Crippen LogP contribution in [0.15, 0.2) is 42.6 Å². The fourth-order valence-corrected chi connectivity index (χ4v) is 4.30. The van der Waals surface area contributed by atoms with Crippen molar-refractivity contribution in [2.45, 2.75) is 84.0 Å². The largest absolute Gasteiger partial charge is 0.260 e. The Hall–Kier alpha value is -1.63. The van der Waals surface area contributed by atoms with Crippen LogP contribution in [0.25, 0.3) is 11.1 Å². The molecule has 0 bridgehead atoms. The van der Waals surface area contributed by atoms with Crippen LogP contribution in [0.2, 0.25) is 0 Å². The fourth-order valence-electron chi connectivity index (χ4n) is 4.30. The van der Waals surface area contributed by atoms with Gasteiger partial charge in [-0.25, -0.2) is 0 Å². The summed E-state index contributed by atoms with van der Waals surface area (Å²) in [5, 5.41) is 0. The van der Waals surface area contributed by atoms with E-state index in [0.717, 1.165) is 5.92 Å². The van der Waals surface area contributed by atoms with E-state index in [1.165, 1.54) is 86.6 Å². The lowest BCUT2D eigenvalue weighted by Crippen LogP contribution is -2.14. The van der Waals surface area contributed by atoms with Crippen molar-refractivity contribution in [3.8, 4) is 11.1 Å². The lowest BCUT2D eigenvalue weighted by atomic mass is 9.78. The molecule has 1 saturated carbocycles. The van der Waals surface area contributed by atoms with Crippen molar-refractivity contribution in [2.75, 3.05) is 0 Å². The maximum Gasteiger partial charge on any atom is 0.0434 e. The second kappa shape index (κ2) is 9.90. The number of hydrogen-bond donors (Lipinski definition) is 0. The van der Waals surface area contributed by atoms with Gasteiger partial charge in [-0.1, -0.05) is 69.9 Å². The summed E-state index contributed by atoms with van der Waals surface area (Å²) in [7, 11) is 0. The van der Waals surface area contributed by atoms with Crippen LogP contribution >= 0.6 is 0 Å². The van der Waals surface area contributed by atoms with E-state index in [1.807, 2.05) is 0 Å². The minimum Gasteiger partial charge on any atom is -0.260 e. The monoisotopic (exact) mass is 349 g/mol. The Balaban J connectivity index is 1.57. The summed E-state index contributed by atoms with van der Waals surface area (Å²) in [4.78, 5) is 4.84. The number of hydrogen-bond acceptors (Lipinski definition) is 1. The topological polar surface area (TPSA) is 12.9 Å². The molecular weight excluding hydrogens is 314 g/mol. The molecule has 0 unspecified atom stereocenters. The van der Waals surface area contributed by atoms with Gasteiger partial charge in [0.2, 0.25) is 0 Å². The van der Waals surface area contributed by atoms with Crippen LogP contribution in [0.1, 0.15) is 88.8 Å². The molecule has 0 N–H and O–H groups in total. The van der Waals surface area contributed by atoms with Crippen LogP contribution in [0.5, 0.6) is 0 Å². The Morgan fingerprint density at radius 2 is 1.50 bits per heavy atom. The number of benzene rings is 1. The van der Waals surface area contributed by atoms with Crippen LogP contribution in [-0.4, -0.2) is 4.98 Å². The Morgan fingerprint density at radius 1 is 0.808 bits per heavy atom. The van der Waals surface area contributed by atoms with Crippen LogP contribution < -0.4 is 0 Å². The lowest BCUT2D eigenvalue weighted by molar-refractivity contribution is 0.301. The number of aromatic nitrogens is 1. The van der Waals surface area contributed by atoms with Gasteiger partial charge >= 0.3 is 0 Å². The van der Waals surface area contributed by atoms with Crippen LogP contribution in [0.4, 0.5) is 0 Å². The minimum absolute atomic E-state index is 0.679. The summed E-state index contributed by atoms with van der Waals surface area (Å²) in [6, 6.07) is 13.6. The third-order valence-electron chi connectivity index (χ3n) is 6.12. The first-order valence-corrected chi connectivity index (χ1v) is 10.9. The quantitative estimate of drug-likeness (QED) is 0.479. The molecule has 1 fully saturated rings. The molecule has 140 valence electrons. The molecule has 0 radical (unpaired) electrons. The average molecular weight is 350 g/mol. The van der Waals surface area contributed by atoms with Gasteiger partial charge in [-0.3, -0.25) is 4.98 Å². The molecule has 0 amide bonds. The molecule has 1 heteroatoms. The van der Waals surface area contributed by atoms with E-state index in [4.69, 9.17) is 4.98 Å². The summed E-state index contributed by atoms with van der Waals surface area (Å²) in [6.07, 6.45) is 15.4. The van der Waals surface area contributed by atoms with Crippen molar-refractivity contribution >= 4 is 0 Å². The zero-order chi connectivity index (χ0) is 18.2. The molecule has 1 heterocycles. The van der Waals surface area contributed by atoms with E-state index in [0.29, 0.717) is 5.92 Å². The van der Waals surface area contributed by atoms with E-state index in [-0.39, 0.29) is 0 Å². The van der Waals surface area contributed by atoms with Gasteiger partial charge in [0.25, 0.3) is 0 Å². The van der Waals surface area contributed by atoms with Crippen molar-refractivity contribution in [2.24, 2.45) is 5.92 Å². The van der Waals surface area contributed by atoms with E-state index in [9.17, 15) is 0 Å². The zero-order valence-electron chi connectivity index (χ0n) is 16.7. The zero-order valence-corrected chi connectivity index (χ0v) is 16.7. The Bertz CT molecular complexity index is 633.